The summed E-state index contributed by atoms with van der Waals surface area (Å²) in [6.45, 7) is 1.71. The fourth-order valence-corrected chi connectivity index (χ4v) is 5.05. The van der Waals surface area contributed by atoms with Gasteiger partial charge < -0.3 is 19.7 Å². The molecule has 138 valence electrons. The Hall–Kier alpha value is -1.89. The predicted octanol–water partition coefficient (Wildman–Crippen LogP) is 1.58. The zero-order chi connectivity index (χ0) is 18.5. The molecular weight excluding hydrogens is 328 g/mol. The molecule has 0 amide bonds. The van der Waals surface area contributed by atoms with Gasteiger partial charge in [-0.1, -0.05) is 6.08 Å². The average Bonchev–Trinajstić information content (AvgIpc) is 2.69. The number of cyclic esters (lactones) is 1. The highest BCUT2D eigenvalue weighted by Crippen LogP contribution is 2.64. The third kappa shape index (κ3) is 2.47. The molecule has 0 radical (unpaired) electrons. The molecule has 3 aliphatic rings. The van der Waals surface area contributed by atoms with Crippen molar-refractivity contribution in [1.29, 1.82) is 0 Å². The lowest BCUT2D eigenvalue weighted by atomic mass is 9.62. The first-order valence-electron chi connectivity index (χ1n) is 8.63. The van der Waals surface area contributed by atoms with Gasteiger partial charge in [0, 0.05) is 17.9 Å². The van der Waals surface area contributed by atoms with Crippen molar-refractivity contribution in [2.75, 3.05) is 7.11 Å². The number of esters is 2. The van der Waals surface area contributed by atoms with Gasteiger partial charge in [0.15, 0.2) is 0 Å². The fraction of sp³-hybridized carbons (Fsp3) is 0.722. The Morgan fingerprint density at radius 2 is 2.12 bits per heavy atom. The topological polar surface area (TPSA) is 110 Å². The lowest BCUT2D eigenvalue weighted by Crippen LogP contribution is -2.64. The molecule has 3 rings (SSSR count). The van der Waals surface area contributed by atoms with Crippen molar-refractivity contribution >= 4 is 17.9 Å². The van der Waals surface area contributed by atoms with Crippen molar-refractivity contribution in [2.45, 2.75) is 63.1 Å². The maximum absolute atomic E-state index is 12.9. The largest absolute Gasteiger partial charge is 0.481 e. The zero-order valence-electron chi connectivity index (χ0n) is 14.5. The summed E-state index contributed by atoms with van der Waals surface area (Å²) in [4.78, 5) is 35.7. The second-order valence-electron chi connectivity index (χ2n) is 7.62. The second-order valence-corrected chi connectivity index (χ2v) is 7.62. The van der Waals surface area contributed by atoms with Gasteiger partial charge in [-0.2, -0.15) is 0 Å². The molecule has 0 aromatic rings. The van der Waals surface area contributed by atoms with E-state index in [1.54, 1.807) is 13.0 Å². The third-order valence-corrected chi connectivity index (χ3v) is 6.47. The Balaban J connectivity index is 1.96. The van der Waals surface area contributed by atoms with E-state index < -0.39 is 34.5 Å². The molecule has 0 aromatic heterocycles. The number of hydrogen-bond donors (Lipinski definition) is 2. The van der Waals surface area contributed by atoms with Crippen molar-refractivity contribution in [1.82, 2.24) is 0 Å². The maximum atomic E-state index is 12.9. The van der Waals surface area contributed by atoms with E-state index in [0.29, 0.717) is 24.8 Å². The molecule has 2 bridgehead atoms. The van der Waals surface area contributed by atoms with E-state index in [0.717, 1.165) is 0 Å². The van der Waals surface area contributed by atoms with Gasteiger partial charge in [0.25, 0.3) is 0 Å². The summed E-state index contributed by atoms with van der Waals surface area (Å²) in [6.07, 6.45) is 3.61. The number of hydrogen-bond acceptors (Lipinski definition) is 6. The standard InChI is InChI=1S/C18H24O7/c1-16(7-6-13(19)20)12-5-9-17(15(22)25-16)8-3-11(14(21)24-2)4-10-18(12,17)23/h3,12,23H,4-10H2,1-2H3,(H,19,20)/t12-,16+,17+,18-/m0/s1. The Morgan fingerprint density at radius 1 is 1.40 bits per heavy atom. The summed E-state index contributed by atoms with van der Waals surface area (Å²) in [6, 6.07) is 0. The highest BCUT2D eigenvalue weighted by Gasteiger charge is 2.72. The smallest absolute Gasteiger partial charge is 0.333 e. The number of carbonyl (C=O) groups is 3. The van der Waals surface area contributed by atoms with Gasteiger partial charge in [-0.05, 0) is 45.4 Å². The quantitative estimate of drug-likeness (QED) is 0.739. The highest BCUT2D eigenvalue weighted by atomic mass is 16.6. The summed E-state index contributed by atoms with van der Waals surface area (Å²) >= 11 is 0. The van der Waals surface area contributed by atoms with Crippen LogP contribution < -0.4 is 0 Å². The van der Waals surface area contributed by atoms with Gasteiger partial charge >= 0.3 is 17.9 Å². The van der Waals surface area contributed by atoms with Crippen molar-refractivity contribution in [3.63, 3.8) is 0 Å². The van der Waals surface area contributed by atoms with Crippen LogP contribution in [-0.4, -0.2) is 46.4 Å². The summed E-state index contributed by atoms with van der Waals surface area (Å²) in [5.41, 5.74) is -2.91. The number of allylic oxidation sites excluding steroid dienone is 1. The molecule has 1 saturated carbocycles. The van der Waals surface area contributed by atoms with Crippen LogP contribution in [0.3, 0.4) is 0 Å². The molecule has 25 heavy (non-hydrogen) atoms. The van der Waals surface area contributed by atoms with Crippen LogP contribution in [0.15, 0.2) is 11.6 Å². The minimum atomic E-state index is -1.30. The molecule has 1 saturated heterocycles. The zero-order valence-corrected chi connectivity index (χ0v) is 14.5. The molecule has 1 aliphatic heterocycles. The predicted molar refractivity (Wildman–Crippen MR) is 85.4 cm³/mol. The van der Waals surface area contributed by atoms with Crippen LogP contribution in [0.25, 0.3) is 0 Å². The van der Waals surface area contributed by atoms with Crippen molar-refractivity contribution < 1.29 is 34.1 Å². The minimum absolute atomic E-state index is 0.130. The van der Waals surface area contributed by atoms with E-state index in [4.69, 9.17) is 14.6 Å². The van der Waals surface area contributed by atoms with E-state index in [1.807, 2.05) is 0 Å². The SMILES string of the molecule is COC(=O)C1=CC[C@@]23CC[C@@H]([C@@](C)(CCC(=O)O)OC2=O)[C@@]3(O)CC1. The number of methoxy groups -OCH3 is 1. The van der Waals surface area contributed by atoms with Gasteiger partial charge in [0.2, 0.25) is 0 Å². The van der Waals surface area contributed by atoms with Crippen molar-refractivity contribution in [3.8, 4) is 0 Å². The number of ether oxygens (including phenoxy) is 2. The van der Waals surface area contributed by atoms with E-state index in [2.05, 4.69) is 0 Å². The number of aliphatic hydroxyl groups is 1. The van der Waals surface area contributed by atoms with E-state index in [1.165, 1.54) is 7.11 Å². The second kappa shape index (κ2) is 5.83. The van der Waals surface area contributed by atoms with Crippen LogP contribution in [0.2, 0.25) is 0 Å². The molecule has 7 heteroatoms. The number of carboxylic acids is 1. The third-order valence-electron chi connectivity index (χ3n) is 6.47. The van der Waals surface area contributed by atoms with Crippen LogP contribution in [0, 0.1) is 11.3 Å². The van der Waals surface area contributed by atoms with Gasteiger partial charge in [-0.3, -0.25) is 9.59 Å². The Morgan fingerprint density at radius 3 is 2.76 bits per heavy atom. The first kappa shape index (κ1) is 17.9. The maximum Gasteiger partial charge on any atom is 0.333 e. The van der Waals surface area contributed by atoms with Crippen LogP contribution in [-0.2, 0) is 23.9 Å². The van der Waals surface area contributed by atoms with Crippen LogP contribution in [0.1, 0.15) is 51.9 Å². The molecular formula is C18H24O7. The van der Waals surface area contributed by atoms with Gasteiger partial charge in [0.1, 0.15) is 11.0 Å². The lowest BCUT2D eigenvalue weighted by molar-refractivity contribution is -0.236. The van der Waals surface area contributed by atoms with E-state index in [9.17, 15) is 19.5 Å². The molecule has 1 heterocycles. The molecule has 2 fully saturated rings. The van der Waals surface area contributed by atoms with Crippen molar-refractivity contribution in [2.24, 2.45) is 11.3 Å². The molecule has 7 nitrogen and oxygen atoms in total. The monoisotopic (exact) mass is 352 g/mol. The minimum Gasteiger partial charge on any atom is -0.481 e. The van der Waals surface area contributed by atoms with Crippen LogP contribution >= 0.6 is 0 Å². The lowest BCUT2D eigenvalue weighted by Gasteiger charge is -2.53. The molecule has 2 N–H and O–H groups in total. The Bertz CT molecular complexity index is 654. The Kier molecular flexibility index (Phi) is 4.18. The van der Waals surface area contributed by atoms with Crippen molar-refractivity contribution in [3.05, 3.63) is 11.6 Å². The normalized spacial score (nSPS) is 39.7. The number of carboxylic acid groups (broad SMARTS) is 1. The summed E-state index contributed by atoms with van der Waals surface area (Å²) < 4.78 is 10.5. The molecule has 0 spiro atoms. The van der Waals surface area contributed by atoms with Gasteiger partial charge in [0.05, 0.1) is 12.7 Å². The van der Waals surface area contributed by atoms with Gasteiger partial charge in [-0.25, -0.2) is 4.79 Å². The number of aliphatic carboxylic acids is 1. The first-order valence-corrected chi connectivity index (χ1v) is 8.63. The summed E-state index contributed by atoms with van der Waals surface area (Å²) in [5.74, 6) is -2.24. The number of carbonyl (C=O) groups excluding carboxylic acids is 2. The molecule has 0 aromatic carbocycles. The molecule has 4 atom stereocenters. The number of rotatable bonds is 4. The van der Waals surface area contributed by atoms with Crippen LogP contribution in [0.4, 0.5) is 0 Å². The summed E-state index contributed by atoms with van der Waals surface area (Å²) in [7, 11) is 1.30. The highest BCUT2D eigenvalue weighted by molar-refractivity contribution is 5.89. The molecule has 0 unspecified atom stereocenters. The summed E-state index contributed by atoms with van der Waals surface area (Å²) in [5, 5.41) is 20.6. The van der Waals surface area contributed by atoms with E-state index >= 15 is 0 Å². The fourth-order valence-electron chi connectivity index (χ4n) is 5.05. The van der Waals surface area contributed by atoms with E-state index in [-0.39, 0.29) is 31.6 Å². The first-order chi connectivity index (χ1) is 11.7. The Labute approximate surface area is 146 Å². The van der Waals surface area contributed by atoms with Gasteiger partial charge in [-0.15, -0.1) is 0 Å². The average molecular weight is 352 g/mol. The molecule has 2 aliphatic carbocycles. The van der Waals surface area contributed by atoms with Crippen LogP contribution in [0.5, 0.6) is 0 Å².